The minimum absolute atomic E-state index is 0.198. The van der Waals surface area contributed by atoms with E-state index < -0.39 is 5.97 Å². The van der Waals surface area contributed by atoms with Crippen LogP contribution < -0.4 is 5.32 Å². The normalized spacial score (nSPS) is 19.9. The van der Waals surface area contributed by atoms with E-state index in [1.54, 1.807) is 6.92 Å². The molecule has 1 saturated heterocycles. The van der Waals surface area contributed by atoms with E-state index in [1.807, 2.05) is 12.3 Å². The Bertz CT molecular complexity index is 881. The van der Waals surface area contributed by atoms with Gasteiger partial charge in [-0.25, -0.2) is 9.78 Å². The summed E-state index contributed by atoms with van der Waals surface area (Å²) in [4.78, 5) is 34.7. The number of morpholine rings is 1. The van der Waals surface area contributed by atoms with Crippen LogP contribution in [0.15, 0.2) is 5.38 Å². The first-order valence-corrected chi connectivity index (χ1v) is 10.6. The predicted molar refractivity (Wildman–Crippen MR) is 112 cm³/mol. The van der Waals surface area contributed by atoms with Crippen LogP contribution in [0.4, 0.5) is 5.13 Å². The number of hydrogen-bond acceptors (Lipinski definition) is 7. The van der Waals surface area contributed by atoms with Crippen molar-refractivity contribution < 1.29 is 19.1 Å². The molecule has 0 spiro atoms. The molecular formula is C20H28N4O4S. The van der Waals surface area contributed by atoms with Crippen LogP contribution in [0.1, 0.15) is 58.6 Å². The number of carbonyl (C=O) groups is 2. The second kappa shape index (κ2) is 9.06. The molecule has 0 radical (unpaired) electrons. The number of hydrogen-bond donors (Lipinski definition) is 2. The third-order valence-corrected chi connectivity index (χ3v) is 5.76. The highest BCUT2D eigenvalue weighted by atomic mass is 32.1. The first-order valence-electron chi connectivity index (χ1n) is 9.75. The molecule has 0 saturated carbocycles. The van der Waals surface area contributed by atoms with E-state index in [0.29, 0.717) is 34.1 Å². The van der Waals surface area contributed by atoms with E-state index in [0.717, 1.165) is 25.3 Å². The van der Waals surface area contributed by atoms with E-state index in [4.69, 9.17) is 9.47 Å². The van der Waals surface area contributed by atoms with Gasteiger partial charge in [-0.1, -0.05) is 6.92 Å². The summed E-state index contributed by atoms with van der Waals surface area (Å²) in [7, 11) is 1.33. The van der Waals surface area contributed by atoms with Crippen molar-refractivity contribution in [1.82, 2.24) is 14.9 Å². The van der Waals surface area contributed by atoms with E-state index in [9.17, 15) is 9.59 Å². The molecule has 2 N–H and O–H groups in total. The lowest BCUT2D eigenvalue weighted by Crippen LogP contribution is -2.44. The van der Waals surface area contributed by atoms with Gasteiger partial charge in [-0.05, 0) is 32.8 Å². The van der Waals surface area contributed by atoms with E-state index in [2.05, 4.69) is 34.0 Å². The highest BCUT2D eigenvalue weighted by Gasteiger charge is 2.25. The molecule has 3 rings (SSSR count). The molecule has 29 heavy (non-hydrogen) atoms. The van der Waals surface area contributed by atoms with Crippen molar-refractivity contribution in [2.75, 3.05) is 25.5 Å². The van der Waals surface area contributed by atoms with Crippen molar-refractivity contribution in [2.24, 2.45) is 0 Å². The van der Waals surface area contributed by atoms with Crippen LogP contribution in [-0.4, -0.2) is 59.2 Å². The fourth-order valence-electron chi connectivity index (χ4n) is 3.77. The number of aromatic nitrogens is 2. The number of aromatic amines is 1. The highest BCUT2D eigenvalue weighted by molar-refractivity contribution is 7.13. The van der Waals surface area contributed by atoms with Crippen molar-refractivity contribution in [3.05, 3.63) is 33.6 Å². The lowest BCUT2D eigenvalue weighted by Gasteiger charge is -2.34. The molecule has 1 aliphatic heterocycles. The predicted octanol–water partition coefficient (Wildman–Crippen LogP) is 2.99. The maximum atomic E-state index is 12.8. The van der Waals surface area contributed by atoms with Gasteiger partial charge in [0.1, 0.15) is 5.69 Å². The van der Waals surface area contributed by atoms with Crippen LogP contribution in [-0.2, 0) is 22.4 Å². The van der Waals surface area contributed by atoms with Gasteiger partial charge in [0.2, 0.25) is 0 Å². The van der Waals surface area contributed by atoms with Crippen LogP contribution in [0.5, 0.6) is 0 Å². The standard InChI is InChI=1S/C20H28N4O4S/c1-6-15-16(19(26)27-5)13(4)17(22-15)18(25)23-20-21-14(10-29-20)9-24-7-11(2)28-12(3)8-24/h10-12,22H,6-9H2,1-5H3,(H,21,23,25)/t11-,12+. The topological polar surface area (TPSA) is 96.5 Å². The second-order valence-electron chi connectivity index (χ2n) is 7.37. The zero-order valence-corrected chi connectivity index (χ0v) is 18.3. The van der Waals surface area contributed by atoms with E-state index in [1.165, 1.54) is 18.4 Å². The number of rotatable bonds is 6. The monoisotopic (exact) mass is 420 g/mol. The third kappa shape index (κ3) is 4.85. The Hall–Kier alpha value is -2.23. The largest absolute Gasteiger partial charge is 0.465 e. The summed E-state index contributed by atoms with van der Waals surface area (Å²) in [5, 5.41) is 5.33. The maximum Gasteiger partial charge on any atom is 0.339 e. The summed E-state index contributed by atoms with van der Waals surface area (Å²) in [6.07, 6.45) is 0.990. The van der Waals surface area contributed by atoms with Gasteiger partial charge in [-0.15, -0.1) is 11.3 Å². The summed E-state index contributed by atoms with van der Waals surface area (Å²) < 4.78 is 10.6. The van der Waals surface area contributed by atoms with Crippen LogP contribution >= 0.6 is 11.3 Å². The van der Waals surface area contributed by atoms with Crippen molar-refractivity contribution in [2.45, 2.75) is 52.9 Å². The fraction of sp³-hybridized carbons (Fsp3) is 0.550. The molecule has 1 aliphatic rings. The smallest absolute Gasteiger partial charge is 0.339 e. The number of nitrogens with one attached hydrogen (secondary N) is 2. The highest BCUT2D eigenvalue weighted by Crippen LogP contribution is 2.23. The number of amides is 1. The molecule has 2 aromatic rings. The molecule has 8 nitrogen and oxygen atoms in total. The molecule has 0 aromatic carbocycles. The Labute approximate surface area is 174 Å². The summed E-state index contributed by atoms with van der Waals surface area (Å²) >= 11 is 1.39. The molecule has 158 valence electrons. The van der Waals surface area contributed by atoms with Crippen LogP contribution in [0.3, 0.4) is 0 Å². The average molecular weight is 421 g/mol. The van der Waals surface area contributed by atoms with Gasteiger partial charge >= 0.3 is 5.97 Å². The van der Waals surface area contributed by atoms with Crippen LogP contribution in [0, 0.1) is 6.92 Å². The zero-order valence-electron chi connectivity index (χ0n) is 17.5. The van der Waals surface area contributed by atoms with Crippen molar-refractivity contribution in [3.63, 3.8) is 0 Å². The van der Waals surface area contributed by atoms with Gasteiger partial charge in [0.05, 0.1) is 30.6 Å². The Balaban J connectivity index is 1.69. The van der Waals surface area contributed by atoms with E-state index in [-0.39, 0.29) is 18.1 Å². The SMILES string of the molecule is CCc1[nH]c(C(=O)Nc2nc(CN3C[C@@H](C)O[C@@H](C)C3)cs2)c(C)c1C(=O)OC. The molecule has 1 amide bonds. The van der Waals surface area contributed by atoms with Gasteiger partial charge in [0.15, 0.2) is 5.13 Å². The minimum atomic E-state index is -0.444. The second-order valence-corrected chi connectivity index (χ2v) is 8.23. The number of carbonyl (C=O) groups excluding carboxylic acids is 2. The quantitative estimate of drug-likeness (QED) is 0.698. The number of nitrogens with zero attached hydrogens (tertiary/aromatic N) is 2. The number of H-pyrrole nitrogens is 1. The van der Waals surface area contributed by atoms with Gasteiger partial charge in [0.25, 0.3) is 5.91 Å². The fourth-order valence-corrected chi connectivity index (χ4v) is 4.46. The maximum absolute atomic E-state index is 12.8. The summed E-state index contributed by atoms with van der Waals surface area (Å²) in [6, 6.07) is 0. The third-order valence-electron chi connectivity index (χ3n) is 4.95. The molecule has 3 heterocycles. The number of aryl methyl sites for hydroxylation is 1. The Morgan fingerprint density at radius 2 is 2.07 bits per heavy atom. The van der Waals surface area contributed by atoms with Crippen LogP contribution in [0.2, 0.25) is 0 Å². The number of esters is 1. The summed E-state index contributed by atoms with van der Waals surface area (Å²) in [5.74, 6) is -0.762. The van der Waals surface area contributed by atoms with Gasteiger partial charge in [0, 0.05) is 30.7 Å². The summed E-state index contributed by atoms with van der Waals surface area (Å²) in [6.45, 7) is 10.2. The number of ether oxygens (including phenoxy) is 2. The van der Waals surface area contributed by atoms with Gasteiger partial charge < -0.3 is 14.5 Å². The number of methoxy groups -OCH3 is 1. The lowest BCUT2D eigenvalue weighted by atomic mass is 10.1. The van der Waals surface area contributed by atoms with Gasteiger partial charge in [-0.2, -0.15) is 0 Å². The molecule has 2 aromatic heterocycles. The first-order chi connectivity index (χ1) is 13.8. The molecule has 0 aliphatic carbocycles. The molecule has 0 bridgehead atoms. The molecule has 2 atom stereocenters. The Kier molecular flexibility index (Phi) is 6.71. The lowest BCUT2D eigenvalue weighted by molar-refractivity contribution is -0.0707. The first kappa shape index (κ1) is 21.5. The molecule has 0 unspecified atom stereocenters. The van der Waals surface area contributed by atoms with E-state index >= 15 is 0 Å². The zero-order chi connectivity index (χ0) is 21.1. The van der Waals surface area contributed by atoms with Crippen molar-refractivity contribution in [1.29, 1.82) is 0 Å². The molecular weight excluding hydrogens is 392 g/mol. The van der Waals surface area contributed by atoms with Crippen LogP contribution in [0.25, 0.3) is 0 Å². The van der Waals surface area contributed by atoms with Crippen molar-refractivity contribution in [3.8, 4) is 0 Å². The number of thiazole rings is 1. The number of anilines is 1. The Morgan fingerprint density at radius 3 is 2.69 bits per heavy atom. The summed E-state index contributed by atoms with van der Waals surface area (Å²) in [5.41, 5.74) is 2.97. The van der Waals surface area contributed by atoms with Crippen molar-refractivity contribution >= 4 is 28.3 Å². The molecule has 1 fully saturated rings. The Morgan fingerprint density at radius 1 is 1.38 bits per heavy atom. The minimum Gasteiger partial charge on any atom is -0.465 e. The van der Waals surface area contributed by atoms with Gasteiger partial charge in [-0.3, -0.25) is 15.0 Å². The molecule has 9 heteroatoms. The average Bonchev–Trinajstić information content (AvgIpc) is 3.23.